The number of rotatable bonds is 2. The summed E-state index contributed by atoms with van der Waals surface area (Å²) in [6, 6.07) is 5.64. The van der Waals surface area contributed by atoms with Crippen molar-refractivity contribution in [2.45, 2.75) is 25.8 Å². The van der Waals surface area contributed by atoms with E-state index in [-0.39, 0.29) is 11.8 Å². The zero-order valence-electron chi connectivity index (χ0n) is 9.74. The first-order chi connectivity index (χ1) is 7.98. The molecule has 1 heterocycles. The van der Waals surface area contributed by atoms with Crippen LogP contribution >= 0.6 is 11.6 Å². The molecule has 0 aliphatic carbocycles. The second kappa shape index (κ2) is 4.86. The van der Waals surface area contributed by atoms with Gasteiger partial charge in [-0.3, -0.25) is 0 Å². The lowest BCUT2D eigenvalue weighted by atomic mass is 10.1. The van der Waals surface area contributed by atoms with Crippen LogP contribution in [0.15, 0.2) is 18.2 Å². The van der Waals surface area contributed by atoms with Crippen LogP contribution in [0.25, 0.3) is 0 Å². The average molecular weight is 274 g/mol. The summed E-state index contributed by atoms with van der Waals surface area (Å²) < 4.78 is 23.1. The Morgan fingerprint density at radius 3 is 2.88 bits per heavy atom. The lowest BCUT2D eigenvalue weighted by molar-refractivity contribution is 0.562. The van der Waals surface area contributed by atoms with Crippen LogP contribution in [-0.4, -0.2) is 26.0 Å². The van der Waals surface area contributed by atoms with Crippen molar-refractivity contribution in [3.63, 3.8) is 0 Å². The monoisotopic (exact) mass is 273 g/mol. The Morgan fingerprint density at radius 1 is 1.41 bits per heavy atom. The van der Waals surface area contributed by atoms with Gasteiger partial charge in [0.05, 0.1) is 11.5 Å². The summed E-state index contributed by atoms with van der Waals surface area (Å²) in [5, 5.41) is 3.98. The van der Waals surface area contributed by atoms with Crippen LogP contribution in [0.2, 0.25) is 5.02 Å². The maximum atomic E-state index is 11.5. The highest BCUT2D eigenvalue weighted by Crippen LogP contribution is 2.25. The Bertz CT molecular complexity index is 513. The van der Waals surface area contributed by atoms with Crippen molar-refractivity contribution in [2.75, 3.05) is 16.8 Å². The van der Waals surface area contributed by atoms with E-state index in [9.17, 15) is 8.42 Å². The first-order valence-electron chi connectivity index (χ1n) is 5.70. The number of hydrogen-bond acceptors (Lipinski definition) is 3. The molecule has 1 unspecified atom stereocenters. The SMILES string of the molecule is Cc1c(Cl)cccc1NC1CCCS(=O)(=O)C1. The standard InChI is InChI=1S/C12H16ClNO2S/c1-9-11(13)5-2-6-12(9)14-10-4-3-7-17(15,16)8-10/h2,5-6,10,14H,3-4,7-8H2,1H3. The second-order valence-corrected chi connectivity index (χ2v) is 7.15. The predicted octanol–water partition coefficient (Wildman–Crippen LogP) is 2.64. The summed E-state index contributed by atoms with van der Waals surface area (Å²) in [6.45, 7) is 1.93. The van der Waals surface area contributed by atoms with Crippen molar-refractivity contribution < 1.29 is 8.42 Å². The molecule has 1 atom stereocenters. The summed E-state index contributed by atoms with van der Waals surface area (Å²) in [7, 11) is -2.87. The molecule has 0 spiro atoms. The molecule has 0 amide bonds. The molecule has 2 rings (SSSR count). The molecule has 0 saturated carbocycles. The molecule has 1 fully saturated rings. The van der Waals surface area contributed by atoms with Crippen molar-refractivity contribution in [3.8, 4) is 0 Å². The average Bonchev–Trinajstić information content (AvgIpc) is 2.23. The molecule has 0 aromatic heterocycles. The summed E-state index contributed by atoms with van der Waals surface area (Å²) in [6.07, 6.45) is 1.63. The lowest BCUT2D eigenvalue weighted by Gasteiger charge is -2.25. The third-order valence-electron chi connectivity index (χ3n) is 3.09. The topological polar surface area (TPSA) is 46.2 Å². The van der Waals surface area contributed by atoms with E-state index in [1.165, 1.54) is 0 Å². The van der Waals surface area contributed by atoms with E-state index >= 15 is 0 Å². The molecule has 1 aliphatic heterocycles. The molecule has 0 bridgehead atoms. The Kier molecular flexibility index (Phi) is 3.64. The van der Waals surface area contributed by atoms with E-state index in [1.807, 2.05) is 25.1 Å². The number of hydrogen-bond donors (Lipinski definition) is 1. The Morgan fingerprint density at radius 2 is 2.18 bits per heavy atom. The maximum Gasteiger partial charge on any atom is 0.152 e. The lowest BCUT2D eigenvalue weighted by Crippen LogP contribution is -2.35. The highest BCUT2D eigenvalue weighted by atomic mass is 35.5. The van der Waals surface area contributed by atoms with Crippen LogP contribution in [0, 0.1) is 6.92 Å². The minimum atomic E-state index is -2.87. The number of benzene rings is 1. The number of sulfone groups is 1. The smallest absolute Gasteiger partial charge is 0.152 e. The number of nitrogens with one attached hydrogen (secondary N) is 1. The zero-order chi connectivity index (χ0) is 12.5. The van der Waals surface area contributed by atoms with Gasteiger partial charge in [0.15, 0.2) is 9.84 Å². The molecule has 1 aliphatic rings. The van der Waals surface area contributed by atoms with Gasteiger partial charge in [-0.05, 0) is 37.5 Å². The van der Waals surface area contributed by atoms with Gasteiger partial charge in [0, 0.05) is 16.8 Å². The van der Waals surface area contributed by atoms with Crippen LogP contribution < -0.4 is 5.32 Å². The molecular weight excluding hydrogens is 258 g/mol. The fraction of sp³-hybridized carbons (Fsp3) is 0.500. The van der Waals surface area contributed by atoms with E-state index in [0.717, 1.165) is 24.1 Å². The molecule has 3 nitrogen and oxygen atoms in total. The van der Waals surface area contributed by atoms with Crippen LogP contribution in [0.4, 0.5) is 5.69 Å². The summed E-state index contributed by atoms with van der Waals surface area (Å²) in [5.74, 6) is 0.540. The molecule has 5 heteroatoms. The molecule has 1 saturated heterocycles. The summed E-state index contributed by atoms with van der Waals surface area (Å²) in [5.41, 5.74) is 1.90. The zero-order valence-corrected chi connectivity index (χ0v) is 11.3. The van der Waals surface area contributed by atoms with Gasteiger partial charge in [-0.15, -0.1) is 0 Å². The van der Waals surface area contributed by atoms with Crippen molar-refractivity contribution in [3.05, 3.63) is 28.8 Å². The molecule has 0 radical (unpaired) electrons. The highest BCUT2D eigenvalue weighted by Gasteiger charge is 2.24. The van der Waals surface area contributed by atoms with Crippen molar-refractivity contribution in [1.82, 2.24) is 0 Å². The van der Waals surface area contributed by atoms with Gasteiger partial charge in [-0.25, -0.2) is 8.42 Å². The van der Waals surface area contributed by atoms with E-state index in [1.54, 1.807) is 0 Å². The van der Waals surface area contributed by atoms with Gasteiger partial charge in [0.1, 0.15) is 0 Å². The Hall–Kier alpha value is -0.740. The first kappa shape index (κ1) is 12.7. The van der Waals surface area contributed by atoms with E-state index in [0.29, 0.717) is 10.8 Å². The van der Waals surface area contributed by atoms with Gasteiger partial charge < -0.3 is 5.32 Å². The van der Waals surface area contributed by atoms with Gasteiger partial charge in [0.25, 0.3) is 0 Å². The third kappa shape index (κ3) is 3.13. The fourth-order valence-corrected chi connectivity index (χ4v) is 3.93. The fourth-order valence-electron chi connectivity index (χ4n) is 2.12. The van der Waals surface area contributed by atoms with Crippen molar-refractivity contribution in [2.24, 2.45) is 0 Å². The van der Waals surface area contributed by atoms with Crippen LogP contribution in [0.3, 0.4) is 0 Å². The first-order valence-corrected chi connectivity index (χ1v) is 7.90. The van der Waals surface area contributed by atoms with Crippen LogP contribution in [0.5, 0.6) is 0 Å². The molecular formula is C12H16ClNO2S. The Labute approximate surface area is 107 Å². The molecule has 94 valence electrons. The normalized spacial score (nSPS) is 23.3. The van der Waals surface area contributed by atoms with Gasteiger partial charge in [0.2, 0.25) is 0 Å². The minimum absolute atomic E-state index is 0.00548. The largest absolute Gasteiger partial charge is 0.381 e. The van der Waals surface area contributed by atoms with E-state index in [4.69, 9.17) is 11.6 Å². The van der Waals surface area contributed by atoms with Crippen LogP contribution in [-0.2, 0) is 9.84 Å². The minimum Gasteiger partial charge on any atom is -0.381 e. The van der Waals surface area contributed by atoms with E-state index < -0.39 is 9.84 Å². The molecule has 1 aromatic carbocycles. The number of halogens is 1. The van der Waals surface area contributed by atoms with Crippen molar-refractivity contribution >= 4 is 27.1 Å². The summed E-state index contributed by atoms with van der Waals surface area (Å²) >= 11 is 6.03. The third-order valence-corrected chi connectivity index (χ3v) is 5.32. The quantitative estimate of drug-likeness (QED) is 0.901. The van der Waals surface area contributed by atoms with Gasteiger partial charge in [-0.2, -0.15) is 0 Å². The van der Waals surface area contributed by atoms with E-state index in [2.05, 4.69) is 5.32 Å². The maximum absolute atomic E-state index is 11.5. The van der Waals surface area contributed by atoms with Crippen LogP contribution in [0.1, 0.15) is 18.4 Å². The van der Waals surface area contributed by atoms with Gasteiger partial charge >= 0.3 is 0 Å². The summed E-state index contributed by atoms with van der Waals surface area (Å²) in [4.78, 5) is 0. The Balaban J connectivity index is 2.13. The van der Waals surface area contributed by atoms with Gasteiger partial charge in [-0.1, -0.05) is 17.7 Å². The predicted molar refractivity (Wildman–Crippen MR) is 71.5 cm³/mol. The number of anilines is 1. The second-order valence-electron chi connectivity index (χ2n) is 4.51. The highest BCUT2D eigenvalue weighted by molar-refractivity contribution is 7.91. The molecule has 1 aromatic rings. The van der Waals surface area contributed by atoms with Crippen molar-refractivity contribution in [1.29, 1.82) is 0 Å². The molecule has 1 N–H and O–H groups in total. The molecule has 17 heavy (non-hydrogen) atoms.